The van der Waals surface area contributed by atoms with Crippen molar-refractivity contribution >= 4 is 75.4 Å². The van der Waals surface area contributed by atoms with Gasteiger partial charge in [0.05, 0.1) is 26.9 Å². The van der Waals surface area contributed by atoms with E-state index in [2.05, 4.69) is 156 Å². The van der Waals surface area contributed by atoms with Crippen LogP contribution in [-0.4, -0.2) is 14.5 Å². The average Bonchev–Trinajstić information content (AvgIpc) is 3.87. The van der Waals surface area contributed by atoms with Crippen LogP contribution in [0.25, 0.3) is 104 Å². The zero-order valence-electron chi connectivity index (χ0n) is 27.2. The summed E-state index contributed by atoms with van der Waals surface area (Å²) in [6, 6.07) is 57.7. The fraction of sp³-hybridized carbons (Fsp3) is 0. The summed E-state index contributed by atoms with van der Waals surface area (Å²) in [6.07, 6.45) is 0. The molecule has 0 atom stereocenters. The van der Waals surface area contributed by atoms with Crippen LogP contribution in [-0.2, 0) is 0 Å². The first-order chi connectivity index (χ1) is 25.3. The van der Waals surface area contributed by atoms with Gasteiger partial charge in [-0.2, -0.15) is 0 Å². The summed E-state index contributed by atoms with van der Waals surface area (Å²) in [6.45, 7) is 0. The van der Waals surface area contributed by atoms with E-state index in [1.54, 1.807) is 11.3 Å². The van der Waals surface area contributed by atoms with E-state index in [4.69, 9.17) is 14.4 Å². The number of fused-ring (bicyclic) bond motifs is 9. The first-order valence-electron chi connectivity index (χ1n) is 17.1. The number of rotatable bonds is 4. The van der Waals surface area contributed by atoms with E-state index in [0.29, 0.717) is 5.82 Å². The summed E-state index contributed by atoms with van der Waals surface area (Å²) in [5.74, 6) is 0.700. The van der Waals surface area contributed by atoms with Crippen molar-refractivity contribution < 1.29 is 4.42 Å². The summed E-state index contributed by atoms with van der Waals surface area (Å²) < 4.78 is 11.4. The highest BCUT2D eigenvalue weighted by Crippen LogP contribution is 2.42. The molecule has 0 aliphatic carbocycles. The molecule has 0 spiro atoms. The average molecular weight is 670 g/mol. The summed E-state index contributed by atoms with van der Waals surface area (Å²) in [4.78, 5) is 10.5. The summed E-state index contributed by atoms with van der Waals surface area (Å²) >= 11 is 1.75. The van der Waals surface area contributed by atoms with Crippen molar-refractivity contribution in [3.63, 3.8) is 0 Å². The highest BCUT2D eigenvalue weighted by molar-refractivity contribution is 7.26. The van der Waals surface area contributed by atoms with Gasteiger partial charge in [-0.3, -0.25) is 0 Å². The van der Waals surface area contributed by atoms with Gasteiger partial charge in [0.2, 0.25) is 0 Å². The minimum atomic E-state index is 0.700. The van der Waals surface area contributed by atoms with Crippen molar-refractivity contribution in [3.05, 3.63) is 164 Å². The van der Waals surface area contributed by atoms with Gasteiger partial charge in [-0.1, -0.05) is 121 Å². The van der Waals surface area contributed by atoms with Crippen LogP contribution in [0.4, 0.5) is 0 Å². The monoisotopic (exact) mass is 669 g/mol. The normalized spacial score (nSPS) is 11.9. The minimum Gasteiger partial charge on any atom is -0.455 e. The predicted octanol–water partition coefficient (Wildman–Crippen LogP) is 12.8. The topological polar surface area (TPSA) is 43.9 Å². The number of thiophene rings is 1. The molecule has 7 aromatic carbocycles. The Bertz CT molecular complexity index is 3100. The van der Waals surface area contributed by atoms with E-state index in [1.165, 1.54) is 26.5 Å². The lowest BCUT2D eigenvalue weighted by Crippen LogP contribution is -1.96. The summed E-state index contributed by atoms with van der Waals surface area (Å²) in [5, 5.41) is 5.79. The lowest BCUT2D eigenvalue weighted by molar-refractivity contribution is 0.670. The third-order valence-electron chi connectivity index (χ3n) is 10.00. The fourth-order valence-corrected chi connectivity index (χ4v) is 8.85. The highest BCUT2D eigenvalue weighted by atomic mass is 32.1. The number of para-hydroxylation sites is 3. The Balaban J connectivity index is 1.17. The second-order valence-corrected chi connectivity index (χ2v) is 14.0. The predicted molar refractivity (Wildman–Crippen MR) is 213 cm³/mol. The molecule has 238 valence electrons. The largest absolute Gasteiger partial charge is 0.455 e. The van der Waals surface area contributed by atoms with E-state index in [1.807, 2.05) is 12.1 Å². The lowest BCUT2D eigenvalue weighted by atomic mass is 9.99. The fourth-order valence-electron chi connectivity index (χ4n) is 7.69. The molecule has 5 heteroatoms. The van der Waals surface area contributed by atoms with E-state index < -0.39 is 0 Å². The quantitative estimate of drug-likeness (QED) is 0.187. The first kappa shape index (κ1) is 28.3. The van der Waals surface area contributed by atoms with Gasteiger partial charge in [0.25, 0.3) is 0 Å². The van der Waals surface area contributed by atoms with Crippen molar-refractivity contribution in [1.29, 1.82) is 0 Å². The van der Waals surface area contributed by atoms with Crippen molar-refractivity contribution in [2.45, 2.75) is 0 Å². The van der Waals surface area contributed by atoms with Gasteiger partial charge in [-0.25, -0.2) is 9.97 Å². The number of nitrogens with zero attached hydrogens (tertiary/aromatic N) is 3. The zero-order valence-corrected chi connectivity index (χ0v) is 28.1. The summed E-state index contributed by atoms with van der Waals surface area (Å²) in [5.41, 5.74) is 11.2. The van der Waals surface area contributed by atoms with Gasteiger partial charge in [0.1, 0.15) is 11.2 Å². The van der Waals surface area contributed by atoms with Crippen molar-refractivity contribution in [2.75, 3.05) is 0 Å². The standard InChI is InChI=1S/C46H27N3OS/c1-2-13-28(14-3-1)42-45-43(35-20-7-11-24-41(35)51-45)48-46(47-42)30-16-12-15-29(25-30)36-26-31(27-37-34-19-6-10-23-40(34)50-44(36)37)49-38-21-8-4-17-32(38)33-18-5-9-22-39(33)49/h1-27H. The molecule has 51 heavy (non-hydrogen) atoms. The molecule has 11 rings (SSSR count). The van der Waals surface area contributed by atoms with Gasteiger partial charge < -0.3 is 8.98 Å². The van der Waals surface area contributed by atoms with Crippen LogP contribution in [0.15, 0.2) is 168 Å². The van der Waals surface area contributed by atoms with Crippen molar-refractivity contribution in [1.82, 2.24) is 14.5 Å². The van der Waals surface area contributed by atoms with Gasteiger partial charge >= 0.3 is 0 Å². The van der Waals surface area contributed by atoms with Crippen LogP contribution in [0.2, 0.25) is 0 Å². The molecule has 0 aliphatic heterocycles. The molecule has 0 aliphatic rings. The van der Waals surface area contributed by atoms with E-state index in [-0.39, 0.29) is 0 Å². The molecule has 0 N–H and O–H groups in total. The Labute approximate surface area is 296 Å². The van der Waals surface area contributed by atoms with Crippen LogP contribution < -0.4 is 0 Å². The Morgan fingerprint density at radius 2 is 1.14 bits per heavy atom. The molecular weight excluding hydrogens is 643 g/mol. The molecule has 0 fully saturated rings. The first-order valence-corrected chi connectivity index (χ1v) is 17.9. The zero-order chi connectivity index (χ0) is 33.5. The smallest absolute Gasteiger partial charge is 0.160 e. The Morgan fingerprint density at radius 1 is 0.490 bits per heavy atom. The van der Waals surface area contributed by atoms with Crippen molar-refractivity contribution in [3.8, 4) is 39.5 Å². The number of hydrogen-bond acceptors (Lipinski definition) is 4. The Morgan fingerprint density at radius 3 is 1.94 bits per heavy atom. The van der Waals surface area contributed by atoms with E-state index in [9.17, 15) is 0 Å². The van der Waals surface area contributed by atoms with Crippen LogP contribution >= 0.6 is 11.3 Å². The Hall–Kier alpha value is -6.56. The van der Waals surface area contributed by atoms with Gasteiger partial charge in [-0.05, 0) is 48.0 Å². The minimum absolute atomic E-state index is 0.700. The Kier molecular flexibility index (Phi) is 6.09. The van der Waals surface area contributed by atoms with Gasteiger partial charge in [0.15, 0.2) is 5.82 Å². The summed E-state index contributed by atoms with van der Waals surface area (Å²) in [7, 11) is 0. The molecule has 0 bridgehead atoms. The number of aromatic nitrogens is 3. The third-order valence-corrected chi connectivity index (χ3v) is 11.2. The SMILES string of the molecule is c1ccc(-c2nc(-c3cccc(-c4cc(-n5c6ccccc6c6ccccc65)cc5c4oc4ccccc45)c3)nc3c2sc2ccccc23)cc1. The highest BCUT2D eigenvalue weighted by Gasteiger charge is 2.20. The second-order valence-electron chi connectivity index (χ2n) is 13.0. The lowest BCUT2D eigenvalue weighted by Gasteiger charge is -2.13. The molecule has 0 saturated carbocycles. The molecule has 0 amide bonds. The van der Waals surface area contributed by atoms with Crippen molar-refractivity contribution in [2.24, 2.45) is 0 Å². The maximum absolute atomic E-state index is 6.66. The molecule has 11 aromatic rings. The van der Waals surface area contributed by atoms with Gasteiger partial charge in [0, 0.05) is 54.0 Å². The molecule has 4 heterocycles. The van der Waals surface area contributed by atoms with Gasteiger partial charge in [-0.15, -0.1) is 11.3 Å². The van der Waals surface area contributed by atoms with Crippen LogP contribution in [0, 0.1) is 0 Å². The van der Waals surface area contributed by atoms with Crippen LogP contribution in [0.1, 0.15) is 0 Å². The molecule has 0 unspecified atom stereocenters. The molecule has 0 saturated heterocycles. The molecule has 4 nitrogen and oxygen atoms in total. The molecule has 4 aromatic heterocycles. The number of furan rings is 1. The second kappa shape index (κ2) is 11.0. The third kappa shape index (κ3) is 4.32. The number of hydrogen-bond donors (Lipinski definition) is 0. The molecule has 0 radical (unpaired) electrons. The van der Waals surface area contributed by atoms with Crippen LogP contribution in [0.3, 0.4) is 0 Å². The molecular formula is C46H27N3OS. The number of benzene rings is 7. The maximum Gasteiger partial charge on any atom is 0.160 e. The van der Waals surface area contributed by atoms with E-state index in [0.717, 1.165) is 71.2 Å². The maximum atomic E-state index is 6.66. The van der Waals surface area contributed by atoms with E-state index >= 15 is 0 Å². The van der Waals surface area contributed by atoms with Crippen LogP contribution in [0.5, 0.6) is 0 Å².